The summed E-state index contributed by atoms with van der Waals surface area (Å²) in [7, 11) is 0. The Kier molecular flexibility index (Phi) is 5.39. The first-order valence-electron chi connectivity index (χ1n) is 7.61. The Balaban J connectivity index is 1.57. The zero-order valence-electron chi connectivity index (χ0n) is 13.4. The molecule has 0 spiro atoms. The average molecular weight is 403 g/mol. The molecule has 1 aromatic carbocycles. The van der Waals surface area contributed by atoms with Gasteiger partial charge in [0.15, 0.2) is 6.61 Å². The number of carbonyl (C=O) groups is 1. The van der Waals surface area contributed by atoms with Gasteiger partial charge in [-0.25, -0.2) is 4.98 Å². The molecule has 2 heterocycles. The maximum atomic E-state index is 12.2. The fraction of sp³-hybridized carbons (Fsp3) is 0.176. The Hall–Kier alpha value is -2.74. The van der Waals surface area contributed by atoms with E-state index in [0.29, 0.717) is 35.3 Å². The zero-order chi connectivity index (χ0) is 17.6. The summed E-state index contributed by atoms with van der Waals surface area (Å²) in [5.74, 6) is 1.91. The molecule has 1 N–H and O–H groups in total. The molecule has 0 fully saturated rings. The summed E-state index contributed by atoms with van der Waals surface area (Å²) < 4.78 is 11.4. The number of carbonyl (C=O) groups excluding carboxylic acids is 1. The number of anilines is 1. The maximum absolute atomic E-state index is 12.2. The highest BCUT2D eigenvalue weighted by Crippen LogP contribution is 2.16. The van der Waals surface area contributed by atoms with Crippen molar-refractivity contribution >= 4 is 27.7 Å². The molecule has 25 heavy (non-hydrogen) atoms. The number of nitrogens with one attached hydrogen (secondary N) is 1. The number of pyridine rings is 1. The number of amides is 1. The highest BCUT2D eigenvalue weighted by Gasteiger charge is 2.08. The van der Waals surface area contributed by atoms with Gasteiger partial charge in [0, 0.05) is 22.7 Å². The number of benzene rings is 1. The highest BCUT2D eigenvalue weighted by molar-refractivity contribution is 9.10. The second kappa shape index (κ2) is 7.89. The van der Waals surface area contributed by atoms with Gasteiger partial charge in [0.05, 0.1) is 0 Å². The molecule has 8 heteroatoms. The van der Waals surface area contributed by atoms with Crippen LogP contribution >= 0.6 is 15.9 Å². The molecule has 0 aliphatic rings. The number of hydrogen-bond acceptors (Lipinski definition) is 6. The Morgan fingerprint density at radius 2 is 2.04 bits per heavy atom. The van der Waals surface area contributed by atoms with Gasteiger partial charge in [-0.2, -0.15) is 4.98 Å². The molecule has 0 unspecified atom stereocenters. The van der Waals surface area contributed by atoms with Crippen LogP contribution in [0.4, 0.5) is 5.82 Å². The molecule has 3 rings (SSSR count). The molecule has 0 saturated carbocycles. The predicted molar refractivity (Wildman–Crippen MR) is 94.3 cm³/mol. The van der Waals surface area contributed by atoms with Gasteiger partial charge >= 0.3 is 0 Å². The highest BCUT2D eigenvalue weighted by atomic mass is 79.9. The Bertz CT molecular complexity index is 847. The van der Waals surface area contributed by atoms with Crippen molar-refractivity contribution in [3.63, 3.8) is 0 Å². The molecule has 0 radical (unpaired) electrons. The minimum Gasteiger partial charge on any atom is -0.485 e. The lowest BCUT2D eigenvalue weighted by Gasteiger charge is -2.06. The lowest BCUT2D eigenvalue weighted by molar-refractivity contribution is 0.102. The van der Waals surface area contributed by atoms with E-state index in [9.17, 15) is 4.79 Å². The first kappa shape index (κ1) is 17.1. The predicted octanol–water partition coefficient (Wildman–Crippen LogP) is 3.62. The van der Waals surface area contributed by atoms with Gasteiger partial charge in [0.25, 0.3) is 5.91 Å². The molecule has 0 aliphatic carbocycles. The zero-order valence-corrected chi connectivity index (χ0v) is 15.0. The number of halogens is 1. The van der Waals surface area contributed by atoms with Crippen LogP contribution in [0.3, 0.4) is 0 Å². The molecular weight excluding hydrogens is 388 g/mol. The van der Waals surface area contributed by atoms with Gasteiger partial charge in [-0.3, -0.25) is 4.79 Å². The van der Waals surface area contributed by atoms with Crippen molar-refractivity contribution in [3.8, 4) is 5.75 Å². The summed E-state index contributed by atoms with van der Waals surface area (Å²) in [6.07, 6.45) is 2.30. The fourth-order valence-corrected chi connectivity index (χ4v) is 2.22. The second-order valence-electron chi connectivity index (χ2n) is 5.09. The molecule has 1 amide bonds. The van der Waals surface area contributed by atoms with Crippen molar-refractivity contribution in [1.82, 2.24) is 15.1 Å². The summed E-state index contributed by atoms with van der Waals surface area (Å²) in [5.41, 5.74) is 0.505. The third-order valence-electron chi connectivity index (χ3n) is 3.27. The van der Waals surface area contributed by atoms with Crippen LogP contribution in [0.1, 0.15) is 29.0 Å². The smallest absolute Gasteiger partial charge is 0.256 e. The molecule has 2 aromatic heterocycles. The van der Waals surface area contributed by atoms with Crippen LogP contribution < -0.4 is 10.1 Å². The molecule has 3 aromatic rings. The molecule has 0 atom stereocenters. The lowest BCUT2D eigenvalue weighted by atomic mass is 10.2. The minimum absolute atomic E-state index is 0.206. The van der Waals surface area contributed by atoms with Crippen LogP contribution in [-0.2, 0) is 13.0 Å². The number of rotatable bonds is 6. The Labute approximate surface area is 152 Å². The number of aryl methyl sites for hydroxylation is 1. The standard InChI is InChI=1S/C17H15BrN4O3/c1-2-16-20-15(22-25-16)10-24-13-6-3-11(4-7-13)17(23)21-14-8-5-12(18)9-19-14/h3-9H,2,10H2,1H3,(H,19,21,23). The monoisotopic (exact) mass is 402 g/mol. The maximum Gasteiger partial charge on any atom is 0.256 e. The van der Waals surface area contributed by atoms with E-state index < -0.39 is 0 Å². The van der Waals surface area contributed by atoms with Gasteiger partial charge in [-0.15, -0.1) is 0 Å². The summed E-state index contributed by atoms with van der Waals surface area (Å²) in [5, 5.41) is 6.54. The Morgan fingerprint density at radius 3 is 2.68 bits per heavy atom. The van der Waals surface area contributed by atoms with Crippen molar-refractivity contribution in [2.75, 3.05) is 5.32 Å². The van der Waals surface area contributed by atoms with E-state index in [2.05, 4.69) is 36.4 Å². The van der Waals surface area contributed by atoms with Crippen molar-refractivity contribution < 1.29 is 14.1 Å². The van der Waals surface area contributed by atoms with Crippen LogP contribution in [-0.4, -0.2) is 21.0 Å². The number of nitrogens with zero attached hydrogens (tertiary/aromatic N) is 3. The normalized spacial score (nSPS) is 10.5. The summed E-state index contributed by atoms with van der Waals surface area (Å²) in [4.78, 5) is 20.5. The van der Waals surface area contributed by atoms with E-state index in [1.165, 1.54) is 0 Å². The van der Waals surface area contributed by atoms with Gasteiger partial charge in [0.2, 0.25) is 11.7 Å². The van der Waals surface area contributed by atoms with Crippen LogP contribution in [0, 0.1) is 0 Å². The van der Waals surface area contributed by atoms with Gasteiger partial charge in [-0.1, -0.05) is 12.1 Å². The second-order valence-corrected chi connectivity index (χ2v) is 6.00. The molecule has 0 saturated heterocycles. The SMILES string of the molecule is CCc1nc(COc2ccc(C(=O)Nc3ccc(Br)cn3)cc2)no1. The van der Waals surface area contributed by atoms with E-state index in [-0.39, 0.29) is 12.5 Å². The van der Waals surface area contributed by atoms with E-state index in [4.69, 9.17) is 9.26 Å². The molecule has 0 aliphatic heterocycles. The molecule has 0 bridgehead atoms. The third-order valence-corrected chi connectivity index (χ3v) is 3.74. The first-order valence-corrected chi connectivity index (χ1v) is 8.40. The van der Waals surface area contributed by atoms with E-state index >= 15 is 0 Å². The van der Waals surface area contributed by atoms with E-state index in [1.54, 1.807) is 42.6 Å². The van der Waals surface area contributed by atoms with Crippen LogP contribution in [0.5, 0.6) is 5.75 Å². The van der Waals surface area contributed by atoms with Gasteiger partial charge in [0.1, 0.15) is 11.6 Å². The van der Waals surface area contributed by atoms with E-state index in [1.807, 2.05) is 6.92 Å². The number of aromatic nitrogens is 3. The molecular formula is C17H15BrN4O3. The van der Waals surface area contributed by atoms with Crippen LogP contribution in [0.2, 0.25) is 0 Å². The minimum atomic E-state index is -0.243. The average Bonchev–Trinajstić information content (AvgIpc) is 3.10. The van der Waals surface area contributed by atoms with Crippen LogP contribution in [0.25, 0.3) is 0 Å². The lowest BCUT2D eigenvalue weighted by Crippen LogP contribution is -2.12. The summed E-state index contributed by atoms with van der Waals surface area (Å²) in [6, 6.07) is 10.3. The Morgan fingerprint density at radius 1 is 1.24 bits per heavy atom. The quantitative estimate of drug-likeness (QED) is 0.676. The van der Waals surface area contributed by atoms with Crippen molar-refractivity contribution in [2.45, 2.75) is 20.0 Å². The van der Waals surface area contributed by atoms with Crippen molar-refractivity contribution in [1.29, 1.82) is 0 Å². The fourth-order valence-electron chi connectivity index (χ4n) is 1.98. The topological polar surface area (TPSA) is 90.1 Å². The number of ether oxygens (including phenoxy) is 1. The molecule has 7 nitrogen and oxygen atoms in total. The largest absolute Gasteiger partial charge is 0.485 e. The van der Waals surface area contributed by atoms with Gasteiger partial charge in [-0.05, 0) is 52.3 Å². The van der Waals surface area contributed by atoms with Crippen molar-refractivity contribution in [3.05, 3.63) is 64.3 Å². The van der Waals surface area contributed by atoms with Crippen LogP contribution in [0.15, 0.2) is 51.6 Å². The number of hydrogen-bond donors (Lipinski definition) is 1. The van der Waals surface area contributed by atoms with Gasteiger partial charge < -0.3 is 14.6 Å². The first-order chi connectivity index (χ1) is 12.1. The van der Waals surface area contributed by atoms with Crippen molar-refractivity contribution in [2.24, 2.45) is 0 Å². The summed E-state index contributed by atoms with van der Waals surface area (Å²) in [6.45, 7) is 2.14. The molecule has 128 valence electrons. The third kappa shape index (κ3) is 4.63. The van der Waals surface area contributed by atoms with E-state index in [0.717, 1.165) is 4.47 Å². The summed E-state index contributed by atoms with van der Waals surface area (Å²) >= 11 is 3.30.